The number of benzene rings is 2. The predicted molar refractivity (Wildman–Crippen MR) is 127 cm³/mol. The summed E-state index contributed by atoms with van der Waals surface area (Å²) in [6, 6.07) is 15.6. The molecule has 1 amide bonds. The Bertz CT molecular complexity index is 1030. The second kappa shape index (κ2) is 10.3. The van der Waals surface area contributed by atoms with Gasteiger partial charge in [0, 0.05) is 29.6 Å². The lowest BCUT2D eigenvalue weighted by atomic mass is 9.96. The summed E-state index contributed by atoms with van der Waals surface area (Å²) in [5.41, 5.74) is 3.51. The van der Waals surface area contributed by atoms with Crippen molar-refractivity contribution >= 4 is 11.9 Å². The summed E-state index contributed by atoms with van der Waals surface area (Å²) in [6.07, 6.45) is 9.90. The molecule has 6 nitrogen and oxygen atoms in total. The summed E-state index contributed by atoms with van der Waals surface area (Å²) < 4.78 is 5.27. The average molecular weight is 431 g/mol. The Labute approximate surface area is 189 Å². The molecule has 166 valence electrons. The Balaban J connectivity index is 1.37. The van der Waals surface area contributed by atoms with Gasteiger partial charge in [-0.3, -0.25) is 4.79 Å². The van der Waals surface area contributed by atoms with Crippen molar-refractivity contribution in [3.63, 3.8) is 0 Å². The summed E-state index contributed by atoms with van der Waals surface area (Å²) in [4.78, 5) is 21.7. The van der Waals surface area contributed by atoms with Gasteiger partial charge < -0.3 is 15.4 Å². The number of aromatic nitrogens is 2. The zero-order chi connectivity index (χ0) is 22.3. The maximum Gasteiger partial charge on any atom is 0.251 e. The van der Waals surface area contributed by atoms with E-state index >= 15 is 0 Å². The van der Waals surface area contributed by atoms with Gasteiger partial charge in [-0.15, -0.1) is 0 Å². The van der Waals surface area contributed by atoms with Gasteiger partial charge >= 0.3 is 0 Å². The quantitative estimate of drug-likeness (QED) is 0.526. The largest absolute Gasteiger partial charge is 0.497 e. The van der Waals surface area contributed by atoms with Gasteiger partial charge in [-0.05, 0) is 55.2 Å². The van der Waals surface area contributed by atoms with Crippen molar-refractivity contribution in [2.45, 2.75) is 51.1 Å². The molecule has 3 aromatic rings. The highest BCUT2D eigenvalue weighted by molar-refractivity contribution is 5.94. The van der Waals surface area contributed by atoms with Gasteiger partial charge in [0.05, 0.1) is 13.2 Å². The van der Waals surface area contributed by atoms with E-state index in [1.54, 1.807) is 7.11 Å². The van der Waals surface area contributed by atoms with Crippen molar-refractivity contribution in [1.82, 2.24) is 15.3 Å². The second-order valence-corrected chi connectivity index (χ2v) is 8.32. The van der Waals surface area contributed by atoms with Gasteiger partial charge in [-0.25, -0.2) is 9.97 Å². The molecule has 32 heavy (non-hydrogen) atoms. The molecule has 4 rings (SSSR count). The molecule has 1 saturated carbocycles. The van der Waals surface area contributed by atoms with Gasteiger partial charge in [0.15, 0.2) is 0 Å². The van der Waals surface area contributed by atoms with Crippen molar-refractivity contribution in [1.29, 1.82) is 0 Å². The molecule has 1 atom stereocenters. The minimum Gasteiger partial charge on any atom is -0.497 e. The summed E-state index contributed by atoms with van der Waals surface area (Å²) >= 11 is 0. The third-order valence-corrected chi connectivity index (χ3v) is 6.01. The standard InChI is InChI=1S/C26H30N4O2/c1-18(21-7-6-10-24(15-21)32-2)29-25(31)20-13-11-19(12-14-20)22-16-27-26(28-17-22)30-23-8-4-3-5-9-23/h6-7,10-18,23H,3-5,8-9H2,1-2H3,(H,29,31)(H,27,28,30)/t18-/m0/s1. The molecule has 0 radical (unpaired) electrons. The number of nitrogens with one attached hydrogen (secondary N) is 2. The molecular formula is C26H30N4O2. The highest BCUT2D eigenvalue weighted by atomic mass is 16.5. The van der Waals surface area contributed by atoms with Gasteiger partial charge in [0.2, 0.25) is 5.95 Å². The molecule has 0 saturated heterocycles. The van der Waals surface area contributed by atoms with E-state index in [4.69, 9.17) is 4.74 Å². The van der Waals surface area contributed by atoms with Crippen molar-refractivity contribution in [2.75, 3.05) is 12.4 Å². The van der Waals surface area contributed by atoms with Crippen molar-refractivity contribution in [3.05, 3.63) is 72.1 Å². The Kier molecular flexibility index (Phi) is 7.00. The fourth-order valence-corrected chi connectivity index (χ4v) is 4.07. The molecule has 1 aromatic heterocycles. The van der Waals surface area contributed by atoms with Gasteiger partial charge in [-0.1, -0.05) is 43.5 Å². The number of hydrogen-bond acceptors (Lipinski definition) is 5. The van der Waals surface area contributed by atoms with Crippen LogP contribution in [0.15, 0.2) is 60.9 Å². The first-order chi connectivity index (χ1) is 15.6. The summed E-state index contributed by atoms with van der Waals surface area (Å²) in [5, 5.41) is 6.48. The average Bonchev–Trinajstić information content (AvgIpc) is 2.85. The first-order valence-electron chi connectivity index (χ1n) is 11.3. The van der Waals surface area contributed by atoms with E-state index in [9.17, 15) is 4.79 Å². The van der Waals surface area contributed by atoms with Crippen LogP contribution in [0.5, 0.6) is 5.75 Å². The maximum absolute atomic E-state index is 12.7. The topological polar surface area (TPSA) is 76.1 Å². The monoisotopic (exact) mass is 430 g/mol. The number of amides is 1. The van der Waals surface area contributed by atoms with Crippen LogP contribution in [0, 0.1) is 0 Å². The molecule has 2 aromatic carbocycles. The normalized spacial score (nSPS) is 15.1. The predicted octanol–water partition coefficient (Wildman–Crippen LogP) is 5.39. The van der Waals surface area contributed by atoms with E-state index in [0.29, 0.717) is 17.6 Å². The van der Waals surface area contributed by atoms with E-state index in [1.807, 2.05) is 67.8 Å². The Morgan fingerprint density at radius 2 is 1.72 bits per heavy atom. The Morgan fingerprint density at radius 3 is 2.41 bits per heavy atom. The molecular weight excluding hydrogens is 400 g/mol. The number of nitrogens with zero attached hydrogens (tertiary/aromatic N) is 2. The lowest BCUT2D eigenvalue weighted by molar-refractivity contribution is 0.0940. The number of hydrogen-bond donors (Lipinski definition) is 2. The van der Waals surface area contributed by atoms with E-state index in [0.717, 1.165) is 22.4 Å². The fraction of sp³-hybridized carbons (Fsp3) is 0.346. The Hall–Kier alpha value is -3.41. The van der Waals surface area contributed by atoms with E-state index < -0.39 is 0 Å². The SMILES string of the molecule is COc1cccc([C@H](C)NC(=O)c2ccc(-c3cnc(NC4CCCCC4)nc3)cc2)c1. The second-order valence-electron chi connectivity index (χ2n) is 8.32. The Morgan fingerprint density at radius 1 is 1.00 bits per heavy atom. The van der Waals surface area contributed by atoms with Gasteiger partial charge in [0.25, 0.3) is 5.91 Å². The van der Waals surface area contributed by atoms with Gasteiger partial charge in [-0.2, -0.15) is 0 Å². The van der Waals surface area contributed by atoms with Crippen molar-refractivity contribution in [2.24, 2.45) is 0 Å². The lowest BCUT2D eigenvalue weighted by Crippen LogP contribution is -2.26. The molecule has 1 aliphatic rings. The highest BCUT2D eigenvalue weighted by Crippen LogP contribution is 2.23. The maximum atomic E-state index is 12.7. The number of methoxy groups -OCH3 is 1. The third-order valence-electron chi connectivity index (χ3n) is 6.01. The number of rotatable bonds is 7. The van der Waals surface area contributed by atoms with Crippen LogP contribution in [0.4, 0.5) is 5.95 Å². The number of carbonyl (C=O) groups is 1. The molecule has 0 unspecified atom stereocenters. The molecule has 0 bridgehead atoms. The molecule has 0 aliphatic heterocycles. The minimum absolute atomic E-state index is 0.116. The first-order valence-corrected chi connectivity index (χ1v) is 11.3. The summed E-state index contributed by atoms with van der Waals surface area (Å²) in [5.74, 6) is 1.34. The first kappa shape index (κ1) is 21.8. The third kappa shape index (κ3) is 5.44. The molecule has 0 spiro atoms. The zero-order valence-corrected chi connectivity index (χ0v) is 18.7. The highest BCUT2D eigenvalue weighted by Gasteiger charge is 2.15. The van der Waals surface area contributed by atoms with Crippen LogP contribution in [0.25, 0.3) is 11.1 Å². The molecule has 2 N–H and O–H groups in total. The van der Waals surface area contributed by atoms with Crippen LogP contribution >= 0.6 is 0 Å². The molecule has 1 aliphatic carbocycles. The van der Waals surface area contributed by atoms with E-state index in [1.165, 1.54) is 32.1 Å². The number of carbonyl (C=O) groups excluding carboxylic acids is 1. The van der Waals surface area contributed by atoms with Gasteiger partial charge in [0.1, 0.15) is 5.75 Å². The molecule has 1 fully saturated rings. The van der Waals surface area contributed by atoms with Crippen LogP contribution in [0.2, 0.25) is 0 Å². The van der Waals surface area contributed by atoms with Crippen LogP contribution < -0.4 is 15.4 Å². The lowest BCUT2D eigenvalue weighted by Gasteiger charge is -2.22. The number of ether oxygens (including phenoxy) is 1. The van der Waals surface area contributed by atoms with Crippen molar-refractivity contribution in [3.8, 4) is 16.9 Å². The van der Waals surface area contributed by atoms with E-state index in [2.05, 4.69) is 20.6 Å². The number of anilines is 1. The summed E-state index contributed by atoms with van der Waals surface area (Å²) in [6.45, 7) is 1.96. The zero-order valence-electron chi connectivity index (χ0n) is 18.7. The molecule has 1 heterocycles. The summed E-state index contributed by atoms with van der Waals surface area (Å²) in [7, 11) is 1.63. The molecule has 6 heteroatoms. The van der Waals surface area contributed by atoms with Crippen LogP contribution in [0.1, 0.15) is 61.0 Å². The van der Waals surface area contributed by atoms with E-state index in [-0.39, 0.29) is 11.9 Å². The minimum atomic E-state index is -0.130. The van der Waals surface area contributed by atoms with Crippen LogP contribution in [-0.2, 0) is 0 Å². The smallest absolute Gasteiger partial charge is 0.251 e. The fourth-order valence-electron chi connectivity index (χ4n) is 4.07. The van der Waals surface area contributed by atoms with Crippen LogP contribution in [0.3, 0.4) is 0 Å². The van der Waals surface area contributed by atoms with Crippen LogP contribution in [-0.4, -0.2) is 29.0 Å². The van der Waals surface area contributed by atoms with Crippen molar-refractivity contribution < 1.29 is 9.53 Å².